The van der Waals surface area contributed by atoms with Crippen LogP contribution < -0.4 is 0 Å². The topological polar surface area (TPSA) is 63.9 Å². The van der Waals surface area contributed by atoms with Crippen LogP contribution in [0.5, 0.6) is 0 Å². The van der Waals surface area contributed by atoms with Gasteiger partial charge in [0.2, 0.25) is 0 Å². The van der Waals surface area contributed by atoms with Gasteiger partial charge >= 0.3 is 0 Å². The Bertz CT molecular complexity index is 396. The average molecular weight is 271 g/mol. The molecule has 0 saturated heterocycles. The molecule has 0 aromatic heterocycles. The second-order valence-electron chi connectivity index (χ2n) is 5.36. The number of nitrogens with zero attached hydrogens (tertiary/aromatic N) is 1. The van der Waals surface area contributed by atoms with Gasteiger partial charge in [-0.2, -0.15) is 0 Å². The zero-order valence-electron chi connectivity index (χ0n) is 11.4. The van der Waals surface area contributed by atoms with Gasteiger partial charge in [0.15, 0.2) is 0 Å². The van der Waals surface area contributed by atoms with Crippen molar-refractivity contribution in [3.63, 3.8) is 0 Å². The van der Waals surface area contributed by atoms with Crippen molar-refractivity contribution in [1.29, 1.82) is 0 Å². The molecular weight excluding hydrogens is 249 g/mol. The molecule has 0 heterocycles. The molecule has 19 heavy (non-hydrogen) atoms. The average Bonchev–Trinajstić information content (AvgIpc) is 2.38. The van der Waals surface area contributed by atoms with E-state index in [1.165, 1.54) is 6.07 Å². The lowest BCUT2D eigenvalue weighted by Crippen LogP contribution is -2.40. The summed E-state index contributed by atoms with van der Waals surface area (Å²) in [6.45, 7) is 2.09. The standard InChI is InChI=1S/C14H22FNO3/c1-14(9-17,10-18)8-16(2)7-13(19)11-5-3-4-6-12(11)15/h3-6,13,17-19H,7-10H2,1-2H3. The lowest BCUT2D eigenvalue weighted by Gasteiger charge is -2.31. The summed E-state index contributed by atoms with van der Waals surface area (Å²) in [6, 6.07) is 6.10. The summed E-state index contributed by atoms with van der Waals surface area (Å²) in [6.07, 6.45) is -0.937. The van der Waals surface area contributed by atoms with Crippen LogP contribution in [-0.4, -0.2) is 53.6 Å². The maximum atomic E-state index is 13.5. The normalized spacial score (nSPS) is 13.8. The molecule has 0 aliphatic heterocycles. The van der Waals surface area contributed by atoms with Crippen LogP contribution in [0.15, 0.2) is 24.3 Å². The van der Waals surface area contributed by atoms with Crippen LogP contribution in [0.1, 0.15) is 18.6 Å². The summed E-state index contributed by atoms with van der Waals surface area (Å²) in [4.78, 5) is 1.77. The molecule has 4 nitrogen and oxygen atoms in total. The van der Waals surface area contributed by atoms with Crippen LogP contribution in [0.2, 0.25) is 0 Å². The molecule has 5 heteroatoms. The fourth-order valence-corrected chi connectivity index (χ4v) is 2.01. The highest BCUT2D eigenvalue weighted by Gasteiger charge is 2.25. The second-order valence-corrected chi connectivity index (χ2v) is 5.36. The van der Waals surface area contributed by atoms with E-state index < -0.39 is 17.3 Å². The monoisotopic (exact) mass is 271 g/mol. The lowest BCUT2D eigenvalue weighted by atomic mass is 9.92. The molecule has 1 unspecified atom stereocenters. The summed E-state index contributed by atoms with van der Waals surface area (Å²) < 4.78 is 13.5. The van der Waals surface area contributed by atoms with E-state index in [1.807, 2.05) is 0 Å². The third-order valence-corrected chi connectivity index (χ3v) is 3.16. The smallest absolute Gasteiger partial charge is 0.129 e. The highest BCUT2D eigenvalue weighted by atomic mass is 19.1. The van der Waals surface area contributed by atoms with Crippen molar-refractivity contribution >= 4 is 0 Å². The Hall–Kier alpha value is -1.01. The van der Waals surface area contributed by atoms with E-state index in [2.05, 4.69) is 0 Å². The number of hydrogen-bond donors (Lipinski definition) is 3. The first-order valence-electron chi connectivity index (χ1n) is 6.24. The Morgan fingerprint density at radius 3 is 2.37 bits per heavy atom. The number of rotatable bonds is 7. The number of aliphatic hydroxyl groups is 3. The summed E-state index contributed by atoms with van der Waals surface area (Å²) in [5, 5.41) is 28.4. The number of hydrogen-bond acceptors (Lipinski definition) is 4. The van der Waals surface area contributed by atoms with Crippen molar-refractivity contribution in [3.8, 4) is 0 Å². The van der Waals surface area contributed by atoms with Gasteiger partial charge < -0.3 is 20.2 Å². The van der Waals surface area contributed by atoms with Gasteiger partial charge in [-0.15, -0.1) is 0 Å². The Morgan fingerprint density at radius 2 is 1.84 bits per heavy atom. The molecule has 0 bridgehead atoms. The maximum absolute atomic E-state index is 13.5. The summed E-state index contributed by atoms with van der Waals surface area (Å²) in [5.41, 5.74) is -0.381. The third kappa shape index (κ3) is 4.54. The van der Waals surface area contributed by atoms with Crippen molar-refractivity contribution < 1.29 is 19.7 Å². The molecule has 108 valence electrons. The fraction of sp³-hybridized carbons (Fsp3) is 0.571. The SMILES string of the molecule is CN(CC(O)c1ccccc1F)CC(C)(CO)CO. The van der Waals surface area contributed by atoms with Gasteiger partial charge in [0.05, 0.1) is 19.3 Å². The van der Waals surface area contributed by atoms with Crippen molar-refractivity contribution in [2.45, 2.75) is 13.0 Å². The molecule has 1 aromatic carbocycles. The minimum atomic E-state index is -0.937. The number of benzene rings is 1. The maximum Gasteiger partial charge on any atom is 0.129 e. The van der Waals surface area contributed by atoms with Crippen molar-refractivity contribution in [3.05, 3.63) is 35.6 Å². The van der Waals surface area contributed by atoms with Crippen molar-refractivity contribution in [2.24, 2.45) is 5.41 Å². The van der Waals surface area contributed by atoms with Gasteiger partial charge in [0.25, 0.3) is 0 Å². The van der Waals surface area contributed by atoms with Crippen LogP contribution in [0.25, 0.3) is 0 Å². The third-order valence-electron chi connectivity index (χ3n) is 3.16. The van der Waals surface area contributed by atoms with E-state index in [0.717, 1.165) is 0 Å². The molecule has 0 fully saturated rings. The van der Waals surface area contributed by atoms with E-state index >= 15 is 0 Å². The van der Waals surface area contributed by atoms with Gasteiger partial charge in [0, 0.05) is 24.1 Å². The molecule has 3 N–H and O–H groups in total. The van der Waals surface area contributed by atoms with Crippen molar-refractivity contribution in [1.82, 2.24) is 4.90 Å². The van der Waals surface area contributed by atoms with Gasteiger partial charge in [-0.1, -0.05) is 25.1 Å². The second kappa shape index (κ2) is 6.96. The first-order valence-corrected chi connectivity index (χ1v) is 6.24. The van der Waals surface area contributed by atoms with E-state index in [0.29, 0.717) is 6.54 Å². The molecule has 0 amide bonds. The summed E-state index contributed by atoms with van der Waals surface area (Å²) >= 11 is 0. The zero-order chi connectivity index (χ0) is 14.5. The van der Waals surface area contributed by atoms with E-state index in [-0.39, 0.29) is 25.3 Å². The molecule has 0 spiro atoms. The Balaban J connectivity index is 2.62. The Kier molecular flexibility index (Phi) is 5.87. The highest BCUT2D eigenvalue weighted by Crippen LogP contribution is 2.20. The summed E-state index contributed by atoms with van der Waals surface area (Å²) in [5.74, 6) is -0.435. The van der Waals surface area contributed by atoms with Crippen LogP contribution in [-0.2, 0) is 0 Å². The largest absolute Gasteiger partial charge is 0.396 e. The predicted octanol–water partition coefficient (Wildman–Crippen LogP) is 0.782. The molecule has 0 saturated carbocycles. The molecule has 0 aliphatic carbocycles. The van der Waals surface area contributed by atoms with Crippen molar-refractivity contribution in [2.75, 3.05) is 33.4 Å². The highest BCUT2D eigenvalue weighted by molar-refractivity contribution is 5.20. The number of halogens is 1. The minimum Gasteiger partial charge on any atom is -0.396 e. The number of aliphatic hydroxyl groups excluding tert-OH is 3. The van der Waals surface area contributed by atoms with Gasteiger partial charge in [-0.05, 0) is 13.1 Å². The van der Waals surface area contributed by atoms with Crippen LogP contribution in [0.4, 0.5) is 4.39 Å². The van der Waals surface area contributed by atoms with Crippen LogP contribution >= 0.6 is 0 Å². The molecule has 1 aromatic rings. The molecule has 0 aliphatic rings. The molecule has 1 rings (SSSR count). The first kappa shape index (κ1) is 16.0. The molecular formula is C14H22FNO3. The molecule has 0 radical (unpaired) electrons. The lowest BCUT2D eigenvalue weighted by molar-refractivity contribution is 0.0276. The quantitative estimate of drug-likeness (QED) is 0.686. The Labute approximate surface area is 113 Å². The Morgan fingerprint density at radius 1 is 1.26 bits per heavy atom. The first-order chi connectivity index (χ1) is 8.91. The molecule has 1 atom stereocenters. The van der Waals surface area contributed by atoms with Gasteiger partial charge in [-0.25, -0.2) is 4.39 Å². The fourth-order valence-electron chi connectivity index (χ4n) is 2.01. The van der Waals surface area contributed by atoms with E-state index in [1.54, 1.807) is 37.1 Å². The zero-order valence-corrected chi connectivity index (χ0v) is 11.4. The minimum absolute atomic E-state index is 0.149. The van der Waals surface area contributed by atoms with Gasteiger partial charge in [0.1, 0.15) is 5.82 Å². The van der Waals surface area contributed by atoms with Crippen LogP contribution in [0, 0.1) is 11.2 Å². The van der Waals surface area contributed by atoms with E-state index in [4.69, 9.17) is 0 Å². The van der Waals surface area contributed by atoms with E-state index in [9.17, 15) is 19.7 Å². The number of likely N-dealkylation sites (N-methyl/N-ethyl adjacent to an activating group) is 1. The summed E-state index contributed by atoms with van der Waals surface area (Å²) in [7, 11) is 1.76. The predicted molar refractivity (Wildman–Crippen MR) is 71.1 cm³/mol. The van der Waals surface area contributed by atoms with Gasteiger partial charge in [-0.3, -0.25) is 0 Å². The van der Waals surface area contributed by atoms with Crippen LogP contribution in [0.3, 0.4) is 0 Å².